The molecule has 0 aromatic heterocycles. The molecule has 2 aromatic rings. The zero-order chi connectivity index (χ0) is 15.0. The fraction of sp³-hybridized carbons (Fsp3) is 0.333. The van der Waals surface area contributed by atoms with Crippen LogP contribution in [0.15, 0.2) is 36.4 Å². The van der Waals surface area contributed by atoms with Gasteiger partial charge in [0, 0.05) is 6.42 Å². The minimum Gasteiger partial charge on any atom is -0.497 e. The van der Waals surface area contributed by atoms with Crippen molar-refractivity contribution in [3.63, 3.8) is 0 Å². The van der Waals surface area contributed by atoms with Crippen LogP contribution in [0.4, 0.5) is 0 Å². The maximum absolute atomic E-state index is 10.5. The van der Waals surface area contributed by atoms with Crippen LogP contribution in [-0.4, -0.2) is 18.3 Å². The highest BCUT2D eigenvalue weighted by molar-refractivity contribution is 5.42. The highest BCUT2D eigenvalue weighted by Crippen LogP contribution is 2.36. The number of aliphatic hydroxyl groups excluding tert-OH is 1. The largest absolute Gasteiger partial charge is 0.497 e. The van der Waals surface area contributed by atoms with E-state index in [1.165, 1.54) is 0 Å². The van der Waals surface area contributed by atoms with Crippen LogP contribution in [-0.2, 0) is 6.42 Å². The molecule has 1 N–H and O–H groups in total. The van der Waals surface area contributed by atoms with E-state index in [4.69, 9.17) is 9.47 Å². The maximum atomic E-state index is 10.5. The zero-order valence-electron chi connectivity index (χ0n) is 12.6. The van der Waals surface area contributed by atoms with Gasteiger partial charge in [0.2, 0.25) is 0 Å². The van der Waals surface area contributed by atoms with E-state index in [2.05, 4.69) is 6.07 Å². The van der Waals surface area contributed by atoms with Gasteiger partial charge in [-0.25, -0.2) is 0 Å². The Morgan fingerprint density at radius 2 is 1.90 bits per heavy atom. The van der Waals surface area contributed by atoms with Crippen LogP contribution in [0, 0.1) is 13.8 Å². The van der Waals surface area contributed by atoms with Gasteiger partial charge in [-0.05, 0) is 54.3 Å². The van der Waals surface area contributed by atoms with Crippen molar-refractivity contribution >= 4 is 0 Å². The summed E-state index contributed by atoms with van der Waals surface area (Å²) >= 11 is 0. The molecule has 0 spiro atoms. The summed E-state index contributed by atoms with van der Waals surface area (Å²) in [5.41, 5.74) is 4.27. The Labute approximate surface area is 125 Å². The lowest BCUT2D eigenvalue weighted by Crippen LogP contribution is -2.22. The summed E-state index contributed by atoms with van der Waals surface area (Å²) in [6.45, 7) is 4.06. The minimum atomic E-state index is -0.616. The van der Waals surface area contributed by atoms with E-state index in [9.17, 15) is 5.11 Å². The van der Waals surface area contributed by atoms with Gasteiger partial charge in [-0.1, -0.05) is 18.2 Å². The van der Waals surface area contributed by atoms with Crippen LogP contribution in [0.3, 0.4) is 0 Å². The molecule has 1 aliphatic carbocycles. The van der Waals surface area contributed by atoms with E-state index in [0.29, 0.717) is 6.42 Å². The van der Waals surface area contributed by atoms with Gasteiger partial charge in [-0.3, -0.25) is 0 Å². The van der Waals surface area contributed by atoms with Gasteiger partial charge in [0.1, 0.15) is 23.7 Å². The summed E-state index contributed by atoms with van der Waals surface area (Å²) < 4.78 is 11.3. The van der Waals surface area contributed by atoms with Gasteiger partial charge >= 0.3 is 0 Å². The van der Waals surface area contributed by atoms with Gasteiger partial charge in [-0.2, -0.15) is 0 Å². The average molecular weight is 284 g/mol. The molecule has 3 rings (SSSR count). The van der Waals surface area contributed by atoms with Crippen LogP contribution in [0.2, 0.25) is 0 Å². The van der Waals surface area contributed by atoms with Gasteiger partial charge in [0.15, 0.2) is 0 Å². The molecule has 3 nitrogen and oxygen atoms in total. The number of aliphatic hydroxyl groups is 1. The second-order valence-corrected chi connectivity index (χ2v) is 5.64. The molecule has 21 heavy (non-hydrogen) atoms. The third kappa shape index (κ3) is 2.61. The van der Waals surface area contributed by atoms with E-state index in [1.54, 1.807) is 7.11 Å². The van der Waals surface area contributed by atoms with Crippen molar-refractivity contribution in [1.82, 2.24) is 0 Å². The Hall–Kier alpha value is -2.00. The molecule has 2 unspecified atom stereocenters. The summed E-state index contributed by atoms with van der Waals surface area (Å²) in [5.74, 6) is 1.61. The first-order valence-electron chi connectivity index (χ1n) is 7.17. The normalized spacial score (nSPS) is 20.2. The lowest BCUT2D eigenvalue weighted by Gasteiger charge is -2.19. The van der Waals surface area contributed by atoms with Gasteiger partial charge < -0.3 is 14.6 Å². The number of benzene rings is 2. The van der Waals surface area contributed by atoms with E-state index in [-0.39, 0.29) is 6.10 Å². The standard InChI is InChI=1S/C18H20O3/c1-11-4-5-12(2)16(8-11)21-17-9-13-6-7-14(20-3)10-15(13)18(17)19/h4-8,10,17-19H,9H2,1-3H3. The molecule has 0 amide bonds. The monoisotopic (exact) mass is 284 g/mol. The Morgan fingerprint density at radius 1 is 1.10 bits per heavy atom. The molecule has 0 bridgehead atoms. The highest BCUT2D eigenvalue weighted by Gasteiger charge is 2.33. The third-order valence-electron chi connectivity index (χ3n) is 4.07. The lowest BCUT2D eigenvalue weighted by molar-refractivity contribution is 0.0488. The molecule has 0 aliphatic heterocycles. The van der Waals surface area contributed by atoms with E-state index in [1.807, 2.05) is 44.2 Å². The number of aryl methyl sites for hydroxylation is 2. The molecular formula is C18H20O3. The summed E-state index contributed by atoms with van der Waals surface area (Å²) in [6, 6.07) is 11.9. The van der Waals surface area contributed by atoms with E-state index in [0.717, 1.165) is 33.8 Å². The van der Waals surface area contributed by atoms with Crippen molar-refractivity contribution in [2.24, 2.45) is 0 Å². The van der Waals surface area contributed by atoms with Crippen molar-refractivity contribution in [3.8, 4) is 11.5 Å². The predicted molar refractivity (Wildman–Crippen MR) is 82.0 cm³/mol. The topological polar surface area (TPSA) is 38.7 Å². The van der Waals surface area contributed by atoms with Crippen molar-refractivity contribution < 1.29 is 14.6 Å². The maximum Gasteiger partial charge on any atom is 0.133 e. The molecule has 1 aliphatic rings. The summed E-state index contributed by atoms with van der Waals surface area (Å²) in [5, 5.41) is 10.5. The lowest BCUT2D eigenvalue weighted by atomic mass is 10.1. The summed E-state index contributed by atoms with van der Waals surface area (Å²) in [4.78, 5) is 0. The van der Waals surface area contributed by atoms with Crippen molar-refractivity contribution in [2.45, 2.75) is 32.5 Å². The molecule has 0 saturated heterocycles. The first kappa shape index (κ1) is 14.0. The molecule has 2 aromatic carbocycles. The van der Waals surface area contributed by atoms with Crippen LogP contribution < -0.4 is 9.47 Å². The van der Waals surface area contributed by atoms with Gasteiger partial charge in [0.25, 0.3) is 0 Å². The third-order valence-corrected chi connectivity index (χ3v) is 4.07. The fourth-order valence-electron chi connectivity index (χ4n) is 2.79. The van der Waals surface area contributed by atoms with Crippen LogP contribution in [0.25, 0.3) is 0 Å². The number of hydrogen-bond acceptors (Lipinski definition) is 3. The first-order valence-corrected chi connectivity index (χ1v) is 7.17. The minimum absolute atomic E-state index is 0.243. The zero-order valence-corrected chi connectivity index (χ0v) is 12.6. The molecule has 3 heteroatoms. The van der Waals surface area contributed by atoms with Crippen molar-refractivity contribution in [3.05, 3.63) is 58.7 Å². The smallest absolute Gasteiger partial charge is 0.133 e. The van der Waals surface area contributed by atoms with Crippen LogP contribution >= 0.6 is 0 Å². The van der Waals surface area contributed by atoms with Crippen LogP contribution in [0.1, 0.15) is 28.4 Å². The average Bonchev–Trinajstić information content (AvgIpc) is 2.79. The molecule has 0 heterocycles. The molecule has 0 saturated carbocycles. The number of fused-ring (bicyclic) bond motifs is 1. The van der Waals surface area contributed by atoms with Crippen molar-refractivity contribution in [1.29, 1.82) is 0 Å². The molecule has 0 fully saturated rings. The van der Waals surface area contributed by atoms with E-state index >= 15 is 0 Å². The molecular weight excluding hydrogens is 264 g/mol. The predicted octanol–water partition coefficient (Wildman–Crippen LogP) is 3.35. The Bertz CT molecular complexity index is 664. The quantitative estimate of drug-likeness (QED) is 0.939. The SMILES string of the molecule is COc1ccc2c(c1)C(O)C(Oc1cc(C)ccc1C)C2. The molecule has 2 atom stereocenters. The second kappa shape index (κ2) is 5.41. The first-order chi connectivity index (χ1) is 10.1. The summed E-state index contributed by atoms with van der Waals surface area (Å²) in [6.07, 6.45) is -0.143. The van der Waals surface area contributed by atoms with E-state index < -0.39 is 6.10 Å². The second-order valence-electron chi connectivity index (χ2n) is 5.64. The Morgan fingerprint density at radius 3 is 2.67 bits per heavy atom. The number of hydrogen-bond donors (Lipinski definition) is 1. The molecule has 110 valence electrons. The van der Waals surface area contributed by atoms with Crippen LogP contribution in [0.5, 0.6) is 11.5 Å². The number of ether oxygens (including phenoxy) is 2. The molecule has 0 radical (unpaired) electrons. The Kier molecular flexibility index (Phi) is 3.60. The van der Waals surface area contributed by atoms with Gasteiger partial charge in [-0.15, -0.1) is 0 Å². The fourth-order valence-corrected chi connectivity index (χ4v) is 2.79. The highest BCUT2D eigenvalue weighted by atomic mass is 16.5. The van der Waals surface area contributed by atoms with Crippen molar-refractivity contribution in [2.75, 3.05) is 7.11 Å². The summed E-state index contributed by atoms with van der Waals surface area (Å²) in [7, 11) is 1.63. The Balaban J connectivity index is 1.84. The number of rotatable bonds is 3. The van der Waals surface area contributed by atoms with Gasteiger partial charge in [0.05, 0.1) is 7.11 Å². The number of methoxy groups -OCH3 is 1.